The number of hydrazine groups is 1. The molecule has 2 rings (SSSR count). The van der Waals surface area contributed by atoms with Crippen LogP contribution in [0.25, 0.3) is 0 Å². The predicted molar refractivity (Wildman–Crippen MR) is 63.3 cm³/mol. The molecule has 1 aromatic rings. The highest BCUT2D eigenvalue weighted by Gasteiger charge is 2.15. The van der Waals surface area contributed by atoms with Crippen LogP contribution >= 0.6 is 0 Å². The number of nitrogens with two attached hydrogens (primary N) is 2. The lowest BCUT2D eigenvalue weighted by molar-refractivity contribution is 0.0490. The Kier molecular flexibility index (Phi) is 3.94. The minimum atomic E-state index is 0.141. The van der Waals surface area contributed by atoms with Gasteiger partial charge in [0.25, 0.3) is 0 Å². The molecule has 1 fully saturated rings. The van der Waals surface area contributed by atoms with Crippen molar-refractivity contribution in [3.8, 4) is 5.88 Å². The average Bonchev–Trinajstić information content (AvgIpc) is 2.37. The van der Waals surface area contributed by atoms with Crippen LogP contribution in [0.2, 0.25) is 0 Å². The molecule has 7 nitrogen and oxygen atoms in total. The lowest BCUT2D eigenvalue weighted by Crippen LogP contribution is -2.22. The summed E-state index contributed by atoms with van der Waals surface area (Å²) >= 11 is 0. The van der Waals surface area contributed by atoms with E-state index < -0.39 is 0 Å². The fourth-order valence-corrected chi connectivity index (χ4v) is 1.71. The molecule has 0 spiro atoms. The number of aromatic nitrogens is 2. The van der Waals surface area contributed by atoms with Crippen LogP contribution in [-0.4, -0.2) is 29.8 Å². The molecule has 94 valence electrons. The fourth-order valence-electron chi connectivity index (χ4n) is 1.71. The molecule has 1 aliphatic heterocycles. The van der Waals surface area contributed by atoms with E-state index in [0.29, 0.717) is 24.2 Å². The molecule has 7 heteroatoms. The van der Waals surface area contributed by atoms with Gasteiger partial charge in [-0.05, 0) is 18.8 Å². The van der Waals surface area contributed by atoms with Crippen LogP contribution in [0.4, 0.5) is 11.8 Å². The van der Waals surface area contributed by atoms with E-state index in [0.717, 1.165) is 26.1 Å². The third-order valence-electron chi connectivity index (χ3n) is 2.68. The standard InChI is InChI=1S/C10H17N5O2/c11-10-13-8(15-12)5-9(14-10)17-6-7-1-3-16-4-2-7/h5,7H,1-4,6,12H2,(H3,11,13,14,15). The Morgan fingerprint density at radius 1 is 1.41 bits per heavy atom. The van der Waals surface area contributed by atoms with Crippen molar-refractivity contribution >= 4 is 11.8 Å². The quantitative estimate of drug-likeness (QED) is 0.507. The number of hydrogen-bond acceptors (Lipinski definition) is 7. The zero-order valence-corrected chi connectivity index (χ0v) is 9.56. The summed E-state index contributed by atoms with van der Waals surface area (Å²) in [4.78, 5) is 7.86. The normalized spacial score (nSPS) is 16.8. The molecule has 1 aliphatic rings. The van der Waals surface area contributed by atoms with Gasteiger partial charge in [0.2, 0.25) is 11.8 Å². The molecule has 0 aromatic carbocycles. The lowest BCUT2D eigenvalue weighted by atomic mass is 10.0. The Hall–Kier alpha value is -1.60. The molecule has 0 amide bonds. The van der Waals surface area contributed by atoms with Gasteiger partial charge >= 0.3 is 0 Å². The summed E-state index contributed by atoms with van der Waals surface area (Å²) < 4.78 is 10.9. The molecular formula is C10H17N5O2. The molecular weight excluding hydrogens is 222 g/mol. The van der Waals surface area contributed by atoms with E-state index in [2.05, 4.69) is 15.4 Å². The van der Waals surface area contributed by atoms with E-state index in [1.807, 2.05) is 0 Å². The van der Waals surface area contributed by atoms with Crippen LogP contribution in [0.15, 0.2) is 6.07 Å². The summed E-state index contributed by atoms with van der Waals surface area (Å²) in [6, 6.07) is 1.62. The summed E-state index contributed by atoms with van der Waals surface area (Å²) in [6.45, 7) is 2.22. The van der Waals surface area contributed by atoms with Gasteiger partial charge in [-0.25, -0.2) is 5.84 Å². The van der Waals surface area contributed by atoms with Gasteiger partial charge in [0.15, 0.2) is 0 Å². The summed E-state index contributed by atoms with van der Waals surface area (Å²) in [5.41, 5.74) is 7.94. The molecule has 0 saturated carbocycles. The van der Waals surface area contributed by atoms with Gasteiger partial charge < -0.3 is 20.6 Å². The van der Waals surface area contributed by atoms with Gasteiger partial charge in [-0.2, -0.15) is 9.97 Å². The zero-order valence-electron chi connectivity index (χ0n) is 9.56. The first-order valence-corrected chi connectivity index (χ1v) is 5.59. The Morgan fingerprint density at radius 3 is 2.88 bits per heavy atom. The average molecular weight is 239 g/mol. The highest BCUT2D eigenvalue weighted by Crippen LogP contribution is 2.18. The van der Waals surface area contributed by atoms with Crippen molar-refractivity contribution in [1.82, 2.24) is 9.97 Å². The van der Waals surface area contributed by atoms with Crippen molar-refractivity contribution in [3.05, 3.63) is 6.07 Å². The molecule has 0 atom stereocenters. The molecule has 17 heavy (non-hydrogen) atoms. The molecule has 0 aliphatic carbocycles. The van der Waals surface area contributed by atoms with Crippen LogP contribution in [0, 0.1) is 5.92 Å². The van der Waals surface area contributed by atoms with Crippen molar-refractivity contribution in [2.45, 2.75) is 12.8 Å². The van der Waals surface area contributed by atoms with E-state index in [1.54, 1.807) is 6.07 Å². The third-order valence-corrected chi connectivity index (χ3v) is 2.68. The second-order valence-corrected chi connectivity index (χ2v) is 3.96. The topological polar surface area (TPSA) is 108 Å². The zero-order chi connectivity index (χ0) is 12.1. The van der Waals surface area contributed by atoms with Gasteiger partial charge in [0, 0.05) is 19.3 Å². The lowest BCUT2D eigenvalue weighted by Gasteiger charge is -2.21. The minimum absolute atomic E-state index is 0.141. The molecule has 0 unspecified atom stereocenters. The maximum atomic E-state index is 5.59. The molecule has 5 N–H and O–H groups in total. The molecule has 0 radical (unpaired) electrons. The van der Waals surface area contributed by atoms with Gasteiger partial charge in [0.05, 0.1) is 6.61 Å². The number of rotatable bonds is 4. The van der Waals surface area contributed by atoms with Gasteiger partial charge in [-0.15, -0.1) is 0 Å². The monoisotopic (exact) mass is 239 g/mol. The molecule has 1 saturated heterocycles. The van der Waals surface area contributed by atoms with E-state index in [-0.39, 0.29) is 5.95 Å². The second-order valence-electron chi connectivity index (χ2n) is 3.96. The van der Waals surface area contributed by atoms with Crippen molar-refractivity contribution in [2.24, 2.45) is 11.8 Å². The van der Waals surface area contributed by atoms with E-state index in [1.165, 1.54) is 0 Å². The maximum absolute atomic E-state index is 5.59. The minimum Gasteiger partial charge on any atom is -0.477 e. The molecule has 1 aromatic heterocycles. The first kappa shape index (κ1) is 11.9. The van der Waals surface area contributed by atoms with Gasteiger partial charge in [0.1, 0.15) is 5.82 Å². The first-order valence-electron chi connectivity index (χ1n) is 5.59. The largest absolute Gasteiger partial charge is 0.477 e. The Morgan fingerprint density at radius 2 is 2.18 bits per heavy atom. The maximum Gasteiger partial charge on any atom is 0.225 e. The SMILES string of the molecule is NNc1cc(OCC2CCOCC2)nc(N)n1. The van der Waals surface area contributed by atoms with Crippen LogP contribution in [0.3, 0.4) is 0 Å². The predicted octanol–water partition coefficient (Wildman–Crippen LogP) is 0.150. The van der Waals surface area contributed by atoms with Crippen molar-refractivity contribution in [2.75, 3.05) is 31.0 Å². The summed E-state index contributed by atoms with van der Waals surface area (Å²) in [6.07, 6.45) is 2.03. The summed E-state index contributed by atoms with van der Waals surface area (Å²) in [5.74, 6) is 6.79. The Bertz CT molecular complexity index is 368. The Labute approximate surface area is 99.5 Å². The van der Waals surface area contributed by atoms with E-state index >= 15 is 0 Å². The summed E-state index contributed by atoms with van der Waals surface area (Å²) in [7, 11) is 0. The van der Waals surface area contributed by atoms with Crippen LogP contribution < -0.4 is 21.7 Å². The van der Waals surface area contributed by atoms with Crippen LogP contribution in [0.1, 0.15) is 12.8 Å². The van der Waals surface area contributed by atoms with Crippen molar-refractivity contribution < 1.29 is 9.47 Å². The number of anilines is 2. The number of ether oxygens (including phenoxy) is 2. The number of hydrogen-bond donors (Lipinski definition) is 3. The van der Waals surface area contributed by atoms with Gasteiger partial charge in [-0.3, -0.25) is 0 Å². The van der Waals surface area contributed by atoms with Crippen molar-refractivity contribution in [3.63, 3.8) is 0 Å². The number of nitrogens with one attached hydrogen (secondary N) is 1. The second kappa shape index (κ2) is 5.65. The highest BCUT2D eigenvalue weighted by molar-refractivity contribution is 5.41. The number of nitrogen functional groups attached to an aromatic ring is 2. The smallest absolute Gasteiger partial charge is 0.225 e. The highest BCUT2D eigenvalue weighted by atomic mass is 16.5. The third kappa shape index (κ3) is 3.43. The van der Waals surface area contributed by atoms with Crippen LogP contribution in [0.5, 0.6) is 5.88 Å². The molecule has 2 heterocycles. The fraction of sp³-hybridized carbons (Fsp3) is 0.600. The van der Waals surface area contributed by atoms with E-state index in [4.69, 9.17) is 21.1 Å². The van der Waals surface area contributed by atoms with Gasteiger partial charge in [-0.1, -0.05) is 0 Å². The first-order chi connectivity index (χ1) is 8.28. The van der Waals surface area contributed by atoms with Crippen molar-refractivity contribution in [1.29, 1.82) is 0 Å². The Balaban J connectivity index is 1.91. The number of nitrogens with zero attached hydrogens (tertiary/aromatic N) is 2. The van der Waals surface area contributed by atoms with E-state index in [9.17, 15) is 0 Å². The van der Waals surface area contributed by atoms with Crippen LogP contribution in [-0.2, 0) is 4.74 Å². The molecule has 0 bridgehead atoms. The summed E-state index contributed by atoms with van der Waals surface area (Å²) in [5, 5.41) is 0.